The maximum absolute atomic E-state index is 5.60. The Balaban J connectivity index is 3.21. The molecule has 0 aromatic heterocycles. The topological polar surface area (TPSA) is 24.5 Å². The molecule has 0 radical (unpaired) electrons. The Morgan fingerprint density at radius 1 is 1.06 bits per heavy atom. The number of rotatable bonds is 9. The van der Waals surface area contributed by atoms with E-state index in [-0.39, 0.29) is 5.54 Å². The molecule has 16 heavy (non-hydrogen) atoms. The van der Waals surface area contributed by atoms with E-state index in [9.17, 15) is 0 Å². The molecule has 0 amide bonds. The molecule has 0 aromatic rings. The third-order valence-electron chi connectivity index (χ3n) is 2.57. The first-order valence-electron chi connectivity index (χ1n) is 6.54. The summed E-state index contributed by atoms with van der Waals surface area (Å²) in [7, 11) is 0. The third-order valence-corrected chi connectivity index (χ3v) is 2.57. The van der Waals surface area contributed by atoms with Gasteiger partial charge in [-0.05, 0) is 46.8 Å². The second-order valence-corrected chi connectivity index (χ2v) is 5.17. The molecule has 98 valence electrons. The van der Waals surface area contributed by atoms with Crippen LogP contribution in [0.25, 0.3) is 0 Å². The molecule has 0 bridgehead atoms. The summed E-state index contributed by atoms with van der Waals surface area (Å²) in [4.78, 5) is 2.38. The van der Waals surface area contributed by atoms with Crippen molar-refractivity contribution in [1.82, 2.24) is 10.2 Å². The van der Waals surface area contributed by atoms with Gasteiger partial charge in [0.15, 0.2) is 0 Å². The molecule has 1 N–H and O–H groups in total. The van der Waals surface area contributed by atoms with Crippen molar-refractivity contribution in [3.8, 4) is 0 Å². The lowest BCUT2D eigenvalue weighted by Crippen LogP contribution is -2.36. The highest BCUT2D eigenvalue weighted by Gasteiger charge is 2.06. The van der Waals surface area contributed by atoms with Gasteiger partial charge in [0.2, 0.25) is 0 Å². The van der Waals surface area contributed by atoms with Crippen molar-refractivity contribution in [2.45, 2.75) is 46.6 Å². The molecular weight excluding hydrogens is 200 g/mol. The Morgan fingerprint density at radius 2 is 1.69 bits per heavy atom. The van der Waals surface area contributed by atoms with Crippen LogP contribution in [0.3, 0.4) is 0 Å². The van der Waals surface area contributed by atoms with E-state index < -0.39 is 0 Å². The molecule has 0 aliphatic rings. The fourth-order valence-corrected chi connectivity index (χ4v) is 1.47. The average molecular weight is 230 g/mol. The molecule has 0 aliphatic carbocycles. The van der Waals surface area contributed by atoms with Gasteiger partial charge >= 0.3 is 0 Å². The van der Waals surface area contributed by atoms with Gasteiger partial charge in [-0.15, -0.1) is 0 Å². The minimum absolute atomic E-state index is 0.223. The van der Waals surface area contributed by atoms with Crippen molar-refractivity contribution < 1.29 is 4.74 Å². The summed E-state index contributed by atoms with van der Waals surface area (Å²) in [6.07, 6.45) is 1.09. The SMILES string of the molecule is CCN(CC)CCOCCCNC(C)(C)C. The van der Waals surface area contributed by atoms with E-state index in [4.69, 9.17) is 4.74 Å². The summed E-state index contributed by atoms with van der Waals surface area (Å²) < 4.78 is 5.60. The zero-order valence-electron chi connectivity index (χ0n) is 11.8. The lowest BCUT2D eigenvalue weighted by Gasteiger charge is -2.20. The van der Waals surface area contributed by atoms with E-state index in [1.807, 2.05) is 0 Å². The lowest BCUT2D eigenvalue weighted by atomic mass is 10.1. The second kappa shape index (κ2) is 8.97. The molecule has 0 atom stereocenters. The summed E-state index contributed by atoms with van der Waals surface area (Å²) in [5.41, 5.74) is 0.223. The first kappa shape index (κ1) is 15.9. The molecular formula is C13H30N2O. The van der Waals surface area contributed by atoms with Gasteiger partial charge in [-0.2, -0.15) is 0 Å². The zero-order chi connectivity index (χ0) is 12.4. The molecule has 0 fully saturated rings. The van der Waals surface area contributed by atoms with Crippen molar-refractivity contribution >= 4 is 0 Å². The van der Waals surface area contributed by atoms with Gasteiger partial charge in [-0.25, -0.2) is 0 Å². The Hall–Kier alpha value is -0.120. The molecule has 0 heterocycles. The highest BCUT2D eigenvalue weighted by Crippen LogP contribution is 1.98. The van der Waals surface area contributed by atoms with E-state index in [2.05, 4.69) is 44.8 Å². The van der Waals surface area contributed by atoms with Crippen molar-refractivity contribution in [1.29, 1.82) is 0 Å². The van der Waals surface area contributed by atoms with E-state index in [1.54, 1.807) is 0 Å². The smallest absolute Gasteiger partial charge is 0.0593 e. The third kappa shape index (κ3) is 10.4. The molecule has 3 nitrogen and oxygen atoms in total. The van der Waals surface area contributed by atoms with Crippen LogP contribution in [0, 0.1) is 0 Å². The standard InChI is InChI=1S/C13H30N2O/c1-6-15(7-2)10-12-16-11-8-9-14-13(3,4)5/h14H,6-12H2,1-5H3. The van der Waals surface area contributed by atoms with Gasteiger partial charge in [-0.3, -0.25) is 0 Å². The van der Waals surface area contributed by atoms with Crippen molar-refractivity contribution in [2.24, 2.45) is 0 Å². The highest BCUT2D eigenvalue weighted by molar-refractivity contribution is 4.69. The van der Waals surface area contributed by atoms with Gasteiger partial charge in [0.05, 0.1) is 6.61 Å². The first-order valence-corrected chi connectivity index (χ1v) is 6.54. The van der Waals surface area contributed by atoms with Crippen LogP contribution in [0.4, 0.5) is 0 Å². The number of nitrogens with zero attached hydrogens (tertiary/aromatic N) is 1. The molecule has 0 saturated carbocycles. The fraction of sp³-hybridized carbons (Fsp3) is 1.00. The van der Waals surface area contributed by atoms with Crippen molar-refractivity contribution in [3.63, 3.8) is 0 Å². The predicted octanol–water partition coefficient (Wildman–Crippen LogP) is 2.12. The van der Waals surface area contributed by atoms with Crippen molar-refractivity contribution in [2.75, 3.05) is 39.4 Å². The van der Waals surface area contributed by atoms with Crippen LogP contribution in [-0.4, -0.2) is 49.8 Å². The summed E-state index contributed by atoms with van der Waals surface area (Å²) in [6, 6.07) is 0. The molecule has 0 spiro atoms. The van der Waals surface area contributed by atoms with E-state index >= 15 is 0 Å². The highest BCUT2D eigenvalue weighted by atomic mass is 16.5. The van der Waals surface area contributed by atoms with Gasteiger partial charge < -0.3 is 15.0 Å². The monoisotopic (exact) mass is 230 g/mol. The van der Waals surface area contributed by atoms with Crippen LogP contribution in [0.2, 0.25) is 0 Å². The van der Waals surface area contributed by atoms with Crippen LogP contribution in [-0.2, 0) is 4.74 Å². The Kier molecular flexibility index (Phi) is 8.90. The fourth-order valence-electron chi connectivity index (χ4n) is 1.47. The van der Waals surface area contributed by atoms with Gasteiger partial charge in [0.25, 0.3) is 0 Å². The van der Waals surface area contributed by atoms with Crippen LogP contribution in [0.5, 0.6) is 0 Å². The van der Waals surface area contributed by atoms with Crippen LogP contribution in [0.1, 0.15) is 41.0 Å². The van der Waals surface area contributed by atoms with Gasteiger partial charge in [0.1, 0.15) is 0 Å². The summed E-state index contributed by atoms with van der Waals surface area (Å²) >= 11 is 0. The predicted molar refractivity (Wildman–Crippen MR) is 71.0 cm³/mol. The minimum atomic E-state index is 0.223. The van der Waals surface area contributed by atoms with Crippen LogP contribution in [0.15, 0.2) is 0 Å². The van der Waals surface area contributed by atoms with Gasteiger partial charge in [-0.1, -0.05) is 13.8 Å². The normalized spacial score (nSPS) is 12.4. The summed E-state index contributed by atoms with van der Waals surface area (Å²) in [6.45, 7) is 17.0. The Labute approximate surface area is 102 Å². The van der Waals surface area contributed by atoms with Crippen molar-refractivity contribution in [3.05, 3.63) is 0 Å². The van der Waals surface area contributed by atoms with E-state index in [0.29, 0.717) is 0 Å². The molecule has 0 unspecified atom stereocenters. The number of nitrogens with one attached hydrogen (secondary N) is 1. The minimum Gasteiger partial charge on any atom is -0.380 e. The number of hydrogen-bond acceptors (Lipinski definition) is 3. The lowest BCUT2D eigenvalue weighted by molar-refractivity contribution is 0.104. The van der Waals surface area contributed by atoms with Crippen LogP contribution < -0.4 is 5.32 Å². The summed E-state index contributed by atoms with van der Waals surface area (Å²) in [5, 5.41) is 3.45. The molecule has 0 saturated heterocycles. The van der Waals surface area contributed by atoms with E-state index in [0.717, 1.165) is 45.8 Å². The van der Waals surface area contributed by atoms with E-state index in [1.165, 1.54) is 0 Å². The average Bonchev–Trinajstić information content (AvgIpc) is 2.21. The molecule has 0 aromatic carbocycles. The molecule has 0 aliphatic heterocycles. The Bertz CT molecular complexity index is 151. The molecule has 0 rings (SSSR count). The Morgan fingerprint density at radius 3 is 2.19 bits per heavy atom. The molecule has 3 heteroatoms. The number of hydrogen-bond donors (Lipinski definition) is 1. The van der Waals surface area contributed by atoms with Crippen LogP contribution >= 0.6 is 0 Å². The maximum atomic E-state index is 5.60. The summed E-state index contributed by atoms with van der Waals surface area (Å²) in [5.74, 6) is 0. The maximum Gasteiger partial charge on any atom is 0.0593 e. The largest absolute Gasteiger partial charge is 0.380 e. The quantitative estimate of drug-likeness (QED) is 0.614. The zero-order valence-corrected chi connectivity index (χ0v) is 11.8. The number of likely N-dealkylation sites (N-methyl/N-ethyl adjacent to an activating group) is 1. The van der Waals surface area contributed by atoms with Gasteiger partial charge in [0, 0.05) is 18.7 Å². The first-order chi connectivity index (χ1) is 7.49. The second-order valence-electron chi connectivity index (χ2n) is 5.17. The number of ether oxygens (including phenoxy) is 1.